The summed E-state index contributed by atoms with van der Waals surface area (Å²) < 4.78 is 5.53. The Morgan fingerprint density at radius 1 is 1.19 bits per heavy atom. The van der Waals surface area contributed by atoms with Gasteiger partial charge in [-0.1, -0.05) is 48.4 Å². The highest BCUT2D eigenvalue weighted by atomic mass is 16.5. The van der Waals surface area contributed by atoms with Gasteiger partial charge in [-0.2, -0.15) is 0 Å². The minimum absolute atomic E-state index is 0.648. The lowest BCUT2D eigenvalue weighted by molar-refractivity contribution is 0.0845. The van der Waals surface area contributed by atoms with Crippen LogP contribution in [0.25, 0.3) is 0 Å². The summed E-state index contributed by atoms with van der Waals surface area (Å²) in [5.41, 5.74) is 3.07. The number of benzene rings is 1. The second kappa shape index (κ2) is 7.24. The van der Waals surface area contributed by atoms with Crippen LogP contribution in [0.4, 0.5) is 0 Å². The van der Waals surface area contributed by atoms with Crippen LogP contribution in [0.3, 0.4) is 0 Å². The van der Waals surface area contributed by atoms with Gasteiger partial charge in [0.05, 0.1) is 6.61 Å². The van der Waals surface area contributed by atoms with E-state index in [1.165, 1.54) is 31.2 Å². The first kappa shape index (κ1) is 14.8. The fraction of sp³-hybridized carbons (Fsp3) is 0.579. The number of ether oxygens (including phenoxy) is 1. The van der Waals surface area contributed by atoms with Gasteiger partial charge in [-0.05, 0) is 38.2 Å². The molecule has 0 aliphatic carbocycles. The second-order valence-electron chi connectivity index (χ2n) is 6.29. The van der Waals surface area contributed by atoms with Crippen molar-refractivity contribution in [2.24, 2.45) is 0 Å². The van der Waals surface area contributed by atoms with E-state index in [1.807, 2.05) is 0 Å². The van der Waals surface area contributed by atoms with E-state index in [4.69, 9.17) is 4.74 Å². The molecule has 0 N–H and O–H groups in total. The Balaban J connectivity index is 1.66. The maximum Gasteiger partial charge on any atom is 0.0503 e. The number of hydrogen-bond acceptors (Lipinski definition) is 2. The highest BCUT2D eigenvalue weighted by molar-refractivity contribution is 5.20. The molecule has 0 spiro atoms. The summed E-state index contributed by atoms with van der Waals surface area (Å²) in [6, 6.07) is 12.3. The first-order valence-electron chi connectivity index (χ1n) is 8.44. The summed E-state index contributed by atoms with van der Waals surface area (Å²) in [5.74, 6) is 0. The lowest BCUT2D eigenvalue weighted by Gasteiger charge is -2.45. The predicted octanol–water partition coefficient (Wildman–Crippen LogP) is 4.17. The number of piperidine rings is 1. The van der Waals surface area contributed by atoms with Gasteiger partial charge in [-0.25, -0.2) is 0 Å². The van der Waals surface area contributed by atoms with Gasteiger partial charge in [-0.3, -0.25) is 4.90 Å². The standard InChI is InChI=1S/C19H27NO/c1-2-21-12-11-17-13-18-9-6-10-19(14-17)20(18)15-16-7-4-3-5-8-16/h3-5,7-8,13,18-19H,2,6,9-12,14-15H2,1H3. The topological polar surface area (TPSA) is 12.5 Å². The third kappa shape index (κ3) is 3.75. The molecule has 0 aromatic heterocycles. The maximum atomic E-state index is 5.53. The van der Waals surface area contributed by atoms with Crippen LogP contribution in [0.15, 0.2) is 42.0 Å². The van der Waals surface area contributed by atoms with E-state index in [0.29, 0.717) is 6.04 Å². The van der Waals surface area contributed by atoms with Crippen molar-refractivity contribution >= 4 is 0 Å². The SMILES string of the molecule is CCOCCC1=CC2CCCC(C1)N2Cc1ccccc1. The molecule has 2 nitrogen and oxygen atoms in total. The average Bonchev–Trinajstić information content (AvgIpc) is 2.49. The Hall–Kier alpha value is -1.12. The summed E-state index contributed by atoms with van der Waals surface area (Å²) in [4.78, 5) is 2.73. The number of fused-ring (bicyclic) bond motifs is 2. The van der Waals surface area contributed by atoms with Gasteiger partial charge < -0.3 is 4.74 Å². The van der Waals surface area contributed by atoms with Gasteiger partial charge in [0.25, 0.3) is 0 Å². The molecule has 114 valence electrons. The van der Waals surface area contributed by atoms with Gasteiger partial charge in [0.2, 0.25) is 0 Å². The van der Waals surface area contributed by atoms with E-state index in [-0.39, 0.29) is 0 Å². The Morgan fingerprint density at radius 2 is 2.05 bits per heavy atom. The molecule has 3 rings (SSSR count). The summed E-state index contributed by atoms with van der Waals surface area (Å²) in [7, 11) is 0. The van der Waals surface area contributed by atoms with Crippen LogP contribution in [0.1, 0.15) is 44.6 Å². The zero-order valence-electron chi connectivity index (χ0n) is 13.1. The van der Waals surface area contributed by atoms with Crippen LogP contribution in [0, 0.1) is 0 Å². The summed E-state index contributed by atoms with van der Waals surface area (Å²) in [5, 5.41) is 0. The minimum atomic E-state index is 0.648. The molecule has 2 heterocycles. The smallest absolute Gasteiger partial charge is 0.0503 e. The van der Waals surface area contributed by atoms with Crippen molar-refractivity contribution in [2.75, 3.05) is 13.2 Å². The van der Waals surface area contributed by atoms with Gasteiger partial charge in [0.15, 0.2) is 0 Å². The van der Waals surface area contributed by atoms with E-state index in [2.05, 4.69) is 48.2 Å². The minimum Gasteiger partial charge on any atom is -0.381 e. The molecular weight excluding hydrogens is 258 g/mol. The molecule has 1 saturated heterocycles. The first-order valence-corrected chi connectivity index (χ1v) is 8.44. The molecule has 21 heavy (non-hydrogen) atoms. The molecule has 2 aliphatic rings. The van der Waals surface area contributed by atoms with Crippen molar-refractivity contribution in [3.63, 3.8) is 0 Å². The zero-order valence-corrected chi connectivity index (χ0v) is 13.1. The highest BCUT2D eigenvalue weighted by Gasteiger charge is 2.33. The van der Waals surface area contributed by atoms with Gasteiger partial charge in [-0.15, -0.1) is 0 Å². The van der Waals surface area contributed by atoms with Crippen molar-refractivity contribution in [2.45, 2.75) is 57.7 Å². The van der Waals surface area contributed by atoms with Crippen molar-refractivity contribution in [3.05, 3.63) is 47.5 Å². The average molecular weight is 285 g/mol. The molecule has 0 amide bonds. The fourth-order valence-electron chi connectivity index (χ4n) is 3.78. The molecule has 2 heteroatoms. The van der Waals surface area contributed by atoms with E-state index in [1.54, 1.807) is 5.57 Å². The third-order valence-electron chi connectivity index (χ3n) is 4.84. The Kier molecular flexibility index (Phi) is 5.10. The van der Waals surface area contributed by atoms with Gasteiger partial charge >= 0.3 is 0 Å². The maximum absolute atomic E-state index is 5.53. The molecule has 2 bridgehead atoms. The van der Waals surface area contributed by atoms with Crippen LogP contribution in [0.5, 0.6) is 0 Å². The van der Waals surface area contributed by atoms with Crippen LogP contribution in [-0.2, 0) is 11.3 Å². The second-order valence-corrected chi connectivity index (χ2v) is 6.29. The molecular formula is C19H27NO. The van der Waals surface area contributed by atoms with Crippen LogP contribution < -0.4 is 0 Å². The van der Waals surface area contributed by atoms with Gasteiger partial charge in [0, 0.05) is 25.2 Å². The van der Waals surface area contributed by atoms with Crippen LogP contribution in [-0.4, -0.2) is 30.2 Å². The molecule has 2 aliphatic heterocycles. The summed E-state index contributed by atoms with van der Waals surface area (Å²) in [6.45, 7) is 4.90. The predicted molar refractivity (Wildman–Crippen MR) is 87.2 cm³/mol. The first-order chi connectivity index (χ1) is 10.4. The van der Waals surface area contributed by atoms with Crippen molar-refractivity contribution in [1.29, 1.82) is 0 Å². The molecule has 2 unspecified atom stereocenters. The number of nitrogens with zero attached hydrogens (tertiary/aromatic N) is 1. The Bertz CT molecular complexity index is 468. The summed E-state index contributed by atoms with van der Waals surface area (Å²) in [6.07, 6.45) is 8.97. The van der Waals surface area contributed by atoms with Crippen LogP contribution >= 0.6 is 0 Å². The van der Waals surface area contributed by atoms with E-state index in [9.17, 15) is 0 Å². The third-order valence-corrected chi connectivity index (χ3v) is 4.84. The molecule has 0 radical (unpaired) electrons. The van der Waals surface area contributed by atoms with Crippen LogP contribution in [0.2, 0.25) is 0 Å². The molecule has 2 atom stereocenters. The van der Waals surface area contributed by atoms with E-state index < -0.39 is 0 Å². The number of hydrogen-bond donors (Lipinski definition) is 0. The largest absolute Gasteiger partial charge is 0.381 e. The molecule has 1 fully saturated rings. The normalized spacial score (nSPS) is 25.7. The fourth-order valence-corrected chi connectivity index (χ4v) is 3.78. The Morgan fingerprint density at radius 3 is 2.81 bits per heavy atom. The lowest BCUT2D eigenvalue weighted by atomic mass is 9.84. The van der Waals surface area contributed by atoms with Gasteiger partial charge in [0.1, 0.15) is 0 Å². The lowest BCUT2D eigenvalue weighted by Crippen LogP contribution is -2.48. The molecule has 1 aromatic carbocycles. The van der Waals surface area contributed by atoms with Crippen molar-refractivity contribution in [1.82, 2.24) is 4.90 Å². The molecule has 0 saturated carbocycles. The van der Waals surface area contributed by atoms with E-state index >= 15 is 0 Å². The zero-order chi connectivity index (χ0) is 14.5. The number of rotatable bonds is 6. The van der Waals surface area contributed by atoms with Crippen molar-refractivity contribution in [3.8, 4) is 0 Å². The summed E-state index contributed by atoms with van der Waals surface area (Å²) >= 11 is 0. The monoisotopic (exact) mass is 285 g/mol. The van der Waals surface area contributed by atoms with Crippen molar-refractivity contribution < 1.29 is 4.74 Å². The van der Waals surface area contributed by atoms with E-state index in [0.717, 1.165) is 32.2 Å². The quantitative estimate of drug-likeness (QED) is 0.574. The Labute approximate surface area is 128 Å². The highest BCUT2D eigenvalue weighted by Crippen LogP contribution is 2.35. The molecule has 1 aromatic rings.